The van der Waals surface area contributed by atoms with Crippen LogP contribution in [0.3, 0.4) is 0 Å². The number of nitrogens with two attached hydrogens (primary N) is 1. The third-order valence-electron chi connectivity index (χ3n) is 3.05. The lowest BCUT2D eigenvalue weighted by molar-refractivity contribution is -0.120. The molecule has 112 valence electrons. The van der Waals surface area contributed by atoms with E-state index in [4.69, 9.17) is 34.0 Å². The average Bonchev–Trinajstić information content (AvgIpc) is 2.39. The summed E-state index contributed by atoms with van der Waals surface area (Å²) in [6.07, 6.45) is 0. The molecule has 4 N–H and O–H groups in total. The lowest BCUT2D eigenvalue weighted by Gasteiger charge is -2.26. The quantitative estimate of drug-likeness (QED) is 0.702. The van der Waals surface area contributed by atoms with Crippen molar-refractivity contribution < 1.29 is 9.90 Å². The number of aliphatic hydroxyl groups excluding tert-OH is 1. The number of hydrogen-bond donors (Lipinski definition) is 3. The molecule has 0 aromatic heterocycles. The normalized spacial score (nSPS) is 12.5. The third kappa shape index (κ3) is 4.24. The standard InChI is InChI=1S/C13H19Cl2N3O2/c1-3-18(4-5-19)8(2)13(20)17-12-10(15)6-9(14)7-11(12)16/h6-8,19H,3-5,16H2,1-2H3,(H,17,20). The molecule has 0 saturated carbocycles. The van der Waals surface area contributed by atoms with Crippen LogP contribution >= 0.6 is 23.2 Å². The lowest BCUT2D eigenvalue weighted by Crippen LogP contribution is -2.43. The minimum Gasteiger partial charge on any atom is -0.397 e. The van der Waals surface area contributed by atoms with Crippen LogP contribution in [0.25, 0.3) is 0 Å². The SMILES string of the molecule is CCN(CCO)C(C)C(=O)Nc1c(N)cc(Cl)cc1Cl. The summed E-state index contributed by atoms with van der Waals surface area (Å²) in [5.41, 5.74) is 6.47. The van der Waals surface area contributed by atoms with Crippen LogP contribution < -0.4 is 11.1 Å². The number of rotatable bonds is 6. The molecule has 7 heteroatoms. The fourth-order valence-electron chi connectivity index (χ4n) is 1.87. The molecule has 0 aliphatic carbocycles. The molecule has 0 bridgehead atoms. The second-order valence-corrected chi connectivity index (χ2v) is 5.21. The number of likely N-dealkylation sites (N-methyl/N-ethyl adjacent to an activating group) is 1. The highest BCUT2D eigenvalue weighted by molar-refractivity contribution is 6.37. The van der Waals surface area contributed by atoms with E-state index in [1.54, 1.807) is 6.92 Å². The number of carbonyl (C=O) groups is 1. The summed E-state index contributed by atoms with van der Waals surface area (Å²) in [6.45, 7) is 4.75. The zero-order valence-electron chi connectivity index (χ0n) is 11.5. The molecule has 5 nitrogen and oxygen atoms in total. The first kappa shape index (κ1) is 17.0. The fourth-order valence-corrected chi connectivity index (χ4v) is 2.43. The molecular formula is C13H19Cl2N3O2. The van der Waals surface area contributed by atoms with E-state index in [0.717, 1.165) is 0 Å². The van der Waals surface area contributed by atoms with Gasteiger partial charge >= 0.3 is 0 Å². The monoisotopic (exact) mass is 319 g/mol. The van der Waals surface area contributed by atoms with Crippen LogP contribution in [0.1, 0.15) is 13.8 Å². The Bertz CT molecular complexity index is 460. The van der Waals surface area contributed by atoms with Crippen LogP contribution in [0, 0.1) is 0 Å². The van der Waals surface area contributed by atoms with Gasteiger partial charge in [-0.15, -0.1) is 0 Å². The van der Waals surface area contributed by atoms with E-state index in [0.29, 0.717) is 34.5 Å². The molecule has 1 aromatic rings. The van der Waals surface area contributed by atoms with Crippen molar-refractivity contribution in [2.75, 3.05) is 30.7 Å². The summed E-state index contributed by atoms with van der Waals surface area (Å²) < 4.78 is 0. The first-order valence-electron chi connectivity index (χ1n) is 6.31. The molecule has 0 aliphatic heterocycles. The smallest absolute Gasteiger partial charge is 0.241 e. The van der Waals surface area contributed by atoms with Gasteiger partial charge in [0.2, 0.25) is 5.91 Å². The van der Waals surface area contributed by atoms with Gasteiger partial charge in [-0.3, -0.25) is 9.69 Å². The van der Waals surface area contributed by atoms with Crippen LogP contribution in [0.5, 0.6) is 0 Å². The van der Waals surface area contributed by atoms with E-state index in [2.05, 4.69) is 5.32 Å². The number of hydrogen-bond acceptors (Lipinski definition) is 4. The van der Waals surface area contributed by atoms with Crippen LogP contribution in [0.2, 0.25) is 10.0 Å². The molecule has 0 radical (unpaired) electrons. The summed E-state index contributed by atoms with van der Waals surface area (Å²) in [4.78, 5) is 14.0. The van der Waals surface area contributed by atoms with Gasteiger partial charge in [0, 0.05) is 11.6 Å². The van der Waals surface area contributed by atoms with Crippen molar-refractivity contribution >= 4 is 40.5 Å². The average molecular weight is 320 g/mol. The molecule has 0 fully saturated rings. The Morgan fingerprint density at radius 2 is 2.15 bits per heavy atom. The highest BCUT2D eigenvalue weighted by atomic mass is 35.5. The van der Waals surface area contributed by atoms with Crippen molar-refractivity contribution in [1.29, 1.82) is 0 Å². The number of amides is 1. The van der Waals surface area contributed by atoms with Gasteiger partial charge in [0.15, 0.2) is 0 Å². The van der Waals surface area contributed by atoms with Gasteiger partial charge in [0.05, 0.1) is 29.0 Å². The van der Waals surface area contributed by atoms with Crippen LogP contribution in [-0.2, 0) is 4.79 Å². The Morgan fingerprint density at radius 3 is 2.65 bits per heavy atom. The Morgan fingerprint density at radius 1 is 1.50 bits per heavy atom. The minimum atomic E-state index is -0.404. The Kier molecular flexibility index (Phi) is 6.55. The van der Waals surface area contributed by atoms with Gasteiger partial charge in [-0.05, 0) is 25.6 Å². The van der Waals surface area contributed by atoms with Gasteiger partial charge in [-0.25, -0.2) is 0 Å². The Hall–Kier alpha value is -1.01. The maximum atomic E-state index is 12.2. The second-order valence-electron chi connectivity index (χ2n) is 4.37. The first-order valence-corrected chi connectivity index (χ1v) is 7.06. The number of anilines is 2. The second kappa shape index (κ2) is 7.69. The molecule has 1 aromatic carbocycles. The molecule has 1 atom stereocenters. The lowest BCUT2D eigenvalue weighted by atomic mass is 10.2. The van der Waals surface area contributed by atoms with E-state index in [1.165, 1.54) is 12.1 Å². The number of nitrogens with one attached hydrogen (secondary N) is 1. The van der Waals surface area contributed by atoms with Gasteiger partial charge < -0.3 is 16.2 Å². The third-order valence-corrected chi connectivity index (χ3v) is 3.57. The summed E-state index contributed by atoms with van der Waals surface area (Å²) >= 11 is 11.8. The number of halogens is 2. The molecule has 0 heterocycles. The van der Waals surface area contributed by atoms with E-state index in [-0.39, 0.29) is 12.5 Å². The Balaban J connectivity index is 2.85. The number of carbonyl (C=O) groups excluding carboxylic acids is 1. The van der Waals surface area contributed by atoms with E-state index < -0.39 is 6.04 Å². The van der Waals surface area contributed by atoms with Crippen LogP contribution in [-0.4, -0.2) is 41.7 Å². The molecule has 0 saturated heterocycles. The maximum absolute atomic E-state index is 12.2. The predicted octanol–water partition coefficient (Wildman–Crippen LogP) is 2.22. The molecule has 1 rings (SSSR count). The highest BCUT2D eigenvalue weighted by Gasteiger charge is 2.21. The highest BCUT2D eigenvalue weighted by Crippen LogP contribution is 2.32. The summed E-state index contributed by atoms with van der Waals surface area (Å²) in [5.74, 6) is -0.240. The van der Waals surface area contributed by atoms with Crippen molar-refractivity contribution in [3.8, 4) is 0 Å². The number of aliphatic hydroxyl groups is 1. The molecule has 1 amide bonds. The molecule has 0 spiro atoms. The summed E-state index contributed by atoms with van der Waals surface area (Å²) in [7, 11) is 0. The zero-order chi connectivity index (χ0) is 15.3. The molecule has 0 aliphatic rings. The number of nitrogens with zero attached hydrogens (tertiary/aromatic N) is 1. The summed E-state index contributed by atoms with van der Waals surface area (Å²) in [5, 5.41) is 12.4. The van der Waals surface area contributed by atoms with E-state index >= 15 is 0 Å². The van der Waals surface area contributed by atoms with Crippen molar-refractivity contribution in [3.05, 3.63) is 22.2 Å². The topological polar surface area (TPSA) is 78.6 Å². The summed E-state index contributed by atoms with van der Waals surface area (Å²) in [6, 6.07) is 2.64. The van der Waals surface area contributed by atoms with Crippen LogP contribution in [0.15, 0.2) is 12.1 Å². The van der Waals surface area contributed by atoms with Gasteiger partial charge in [0.25, 0.3) is 0 Å². The first-order chi connectivity index (χ1) is 9.40. The Labute approximate surface area is 128 Å². The van der Waals surface area contributed by atoms with Gasteiger partial charge in [-0.1, -0.05) is 30.1 Å². The molecule has 1 unspecified atom stereocenters. The molecule has 20 heavy (non-hydrogen) atoms. The van der Waals surface area contributed by atoms with Crippen LogP contribution in [0.4, 0.5) is 11.4 Å². The van der Waals surface area contributed by atoms with E-state index in [1.807, 2.05) is 11.8 Å². The number of nitrogen functional groups attached to an aromatic ring is 1. The fraction of sp³-hybridized carbons (Fsp3) is 0.462. The van der Waals surface area contributed by atoms with Gasteiger partial charge in [-0.2, -0.15) is 0 Å². The molecular weight excluding hydrogens is 301 g/mol. The van der Waals surface area contributed by atoms with Crippen molar-refractivity contribution in [2.24, 2.45) is 0 Å². The van der Waals surface area contributed by atoms with Crippen molar-refractivity contribution in [1.82, 2.24) is 4.90 Å². The van der Waals surface area contributed by atoms with Crippen molar-refractivity contribution in [2.45, 2.75) is 19.9 Å². The predicted molar refractivity (Wildman–Crippen MR) is 83.3 cm³/mol. The zero-order valence-corrected chi connectivity index (χ0v) is 13.0. The maximum Gasteiger partial charge on any atom is 0.241 e. The van der Waals surface area contributed by atoms with E-state index in [9.17, 15) is 4.79 Å². The van der Waals surface area contributed by atoms with Crippen molar-refractivity contribution in [3.63, 3.8) is 0 Å². The van der Waals surface area contributed by atoms with Gasteiger partial charge in [0.1, 0.15) is 0 Å². The minimum absolute atomic E-state index is 0.00466. The number of benzene rings is 1. The largest absolute Gasteiger partial charge is 0.397 e.